The van der Waals surface area contributed by atoms with Gasteiger partial charge in [-0.1, -0.05) is 0 Å². The van der Waals surface area contributed by atoms with Crippen molar-refractivity contribution in [1.82, 2.24) is 9.62 Å². The Morgan fingerprint density at radius 1 is 1.23 bits per heavy atom. The molecule has 1 aromatic carbocycles. The van der Waals surface area contributed by atoms with Crippen LogP contribution in [0.25, 0.3) is 0 Å². The second-order valence-corrected chi connectivity index (χ2v) is 9.69. The van der Waals surface area contributed by atoms with E-state index in [9.17, 15) is 13.2 Å². The van der Waals surface area contributed by atoms with Gasteiger partial charge in [-0.15, -0.1) is 0 Å². The Bertz CT molecular complexity index is 844. The number of anilines is 1. The maximum atomic E-state index is 12.9. The molecule has 2 bridgehead atoms. The highest BCUT2D eigenvalue weighted by molar-refractivity contribution is 7.89. The second kappa shape index (κ2) is 5.94. The summed E-state index contributed by atoms with van der Waals surface area (Å²) in [5.41, 5.74) is -0.441. The summed E-state index contributed by atoms with van der Waals surface area (Å²) in [5, 5.41) is 0. The molecule has 26 heavy (non-hydrogen) atoms. The molecule has 0 aliphatic carbocycles. The summed E-state index contributed by atoms with van der Waals surface area (Å²) < 4.78 is 34.5. The van der Waals surface area contributed by atoms with Gasteiger partial charge in [0.1, 0.15) is 5.75 Å². The number of hydrogen-bond donors (Lipinski definition) is 1. The zero-order valence-electron chi connectivity index (χ0n) is 15.4. The second-order valence-electron chi connectivity index (χ2n) is 7.97. The smallest absolute Gasteiger partial charge is 0.270 e. The highest BCUT2D eigenvalue weighted by atomic mass is 32.2. The molecule has 3 saturated heterocycles. The van der Waals surface area contributed by atoms with Crippen molar-refractivity contribution in [3.63, 3.8) is 0 Å². The van der Waals surface area contributed by atoms with Crippen LogP contribution >= 0.6 is 0 Å². The molecule has 4 heterocycles. The summed E-state index contributed by atoms with van der Waals surface area (Å²) in [6.45, 7) is 6.26. The summed E-state index contributed by atoms with van der Waals surface area (Å²) in [7, 11) is -1.97. The summed E-state index contributed by atoms with van der Waals surface area (Å²) in [6.07, 6.45) is 2.09. The average molecular weight is 379 g/mol. The van der Waals surface area contributed by atoms with E-state index in [0.717, 1.165) is 32.5 Å². The third-order valence-corrected chi connectivity index (χ3v) is 7.24. The van der Waals surface area contributed by atoms with E-state index in [1.165, 1.54) is 17.0 Å². The molecule has 1 atom stereocenters. The molecule has 4 aliphatic heterocycles. The zero-order chi connectivity index (χ0) is 18.7. The molecule has 142 valence electrons. The van der Waals surface area contributed by atoms with Gasteiger partial charge in [0.25, 0.3) is 5.91 Å². The fourth-order valence-electron chi connectivity index (χ4n) is 4.22. The van der Waals surface area contributed by atoms with E-state index in [4.69, 9.17) is 4.74 Å². The molecule has 3 fully saturated rings. The predicted octanol–water partition coefficient (Wildman–Crippen LogP) is 1.19. The van der Waals surface area contributed by atoms with E-state index in [-0.39, 0.29) is 16.8 Å². The Hall–Kier alpha value is -1.64. The summed E-state index contributed by atoms with van der Waals surface area (Å²) in [5.74, 6) is 0.659. The Morgan fingerprint density at radius 2 is 1.92 bits per heavy atom. The Morgan fingerprint density at radius 3 is 2.54 bits per heavy atom. The highest BCUT2D eigenvalue weighted by Gasteiger charge is 2.40. The van der Waals surface area contributed by atoms with Crippen molar-refractivity contribution in [3.8, 4) is 5.75 Å². The molecule has 1 unspecified atom stereocenters. The van der Waals surface area contributed by atoms with Gasteiger partial charge in [-0.05, 0) is 57.8 Å². The summed E-state index contributed by atoms with van der Waals surface area (Å²) >= 11 is 0. The maximum Gasteiger partial charge on any atom is 0.270 e. The summed E-state index contributed by atoms with van der Waals surface area (Å²) in [6, 6.07) is 4.64. The topological polar surface area (TPSA) is 78.9 Å². The fraction of sp³-hybridized carbons (Fsp3) is 0.611. The Balaban J connectivity index is 1.61. The van der Waals surface area contributed by atoms with Gasteiger partial charge in [-0.3, -0.25) is 4.79 Å². The predicted molar refractivity (Wildman–Crippen MR) is 97.8 cm³/mol. The first-order valence-corrected chi connectivity index (χ1v) is 10.5. The van der Waals surface area contributed by atoms with E-state index in [1.807, 2.05) is 0 Å². The van der Waals surface area contributed by atoms with Crippen molar-refractivity contribution in [3.05, 3.63) is 18.2 Å². The van der Waals surface area contributed by atoms with Crippen LogP contribution in [0.4, 0.5) is 5.69 Å². The number of nitrogens with one attached hydrogen (secondary N) is 1. The molecule has 0 saturated carbocycles. The van der Waals surface area contributed by atoms with Gasteiger partial charge in [-0.2, -0.15) is 0 Å². The van der Waals surface area contributed by atoms with Crippen molar-refractivity contribution in [2.24, 2.45) is 5.92 Å². The zero-order valence-corrected chi connectivity index (χ0v) is 16.2. The lowest BCUT2D eigenvalue weighted by atomic mass is 9.85. The van der Waals surface area contributed by atoms with Gasteiger partial charge in [0, 0.05) is 25.7 Å². The number of ether oxygens (including phenoxy) is 1. The molecule has 0 radical (unpaired) electrons. The minimum absolute atomic E-state index is 0.0415. The van der Waals surface area contributed by atoms with Gasteiger partial charge in [-0.25, -0.2) is 13.1 Å². The first kappa shape index (κ1) is 17.8. The standard InChI is InChI=1S/C18H25N3O4S/c1-18(2)17(22)20(3)15-5-4-13(10-16(15)25-18)26(23,24)19-14-11-21-8-6-12(14)7-9-21/h4-5,10,12,14,19H,6-9,11H2,1-3H3. The van der Waals surface area contributed by atoms with E-state index >= 15 is 0 Å². The maximum absolute atomic E-state index is 12.9. The molecule has 4 aliphatic rings. The molecule has 1 aromatic rings. The number of benzene rings is 1. The fourth-order valence-corrected chi connectivity index (χ4v) is 5.53. The van der Waals surface area contributed by atoms with Gasteiger partial charge in [0.15, 0.2) is 5.60 Å². The van der Waals surface area contributed by atoms with Crippen molar-refractivity contribution in [2.45, 2.75) is 43.2 Å². The van der Waals surface area contributed by atoms with E-state index < -0.39 is 15.6 Å². The Labute approximate surface area is 154 Å². The number of piperidine rings is 3. The first-order chi connectivity index (χ1) is 12.2. The molecule has 8 heteroatoms. The van der Waals surface area contributed by atoms with Crippen molar-refractivity contribution >= 4 is 21.6 Å². The van der Waals surface area contributed by atoms with Crippen molar-refractivity contribution in [2.75, 3.05) is 31.6 Å². The third-order valence-electron chi connectivity index (χ3n) is 5.75. The average Bonchev–Trinajstić information content (AvgIpc) is 2.60. The number of sulfonamides is 1. The van der Waals surface area contributed by atoms with Crippen LogP contribution < -0.4 is 14.4 Å². The van der Waals surface area contributed by atoms with Gasteiger partial charge in [0.05, 0.1) is 10.6 Å². The largest absolute Gasteiger partial charge is 0.476 e. The van der Waals surface area contributed by atoms with Crippen LogP contribution in [0, 0.1) is 5.92 Å². The lowest BCUT2D eigenvalue weighted by molar-refractivity contribution is -0.132. The number of hydrogen-bond acceptors (Lipinski definition) is 5. The van der Waals surface area contributed by atoms with Crippen LogP contribution in [-0.4, -0.2) is 57.5 Å². The quantitative estimate of drug-likeness (QED) is 0.854. The number of fused-ring (bicyclic) bond motifs is 4. The normalized spacial score (nSPS) is 30.0. The molecule has 5 rings (SSSR count). The van der Waals surface area contributed by atoms with Crippen LogP contribution in [0.2, 0.25) is 0 Å². The lowest BCUT2D eigenvalue weighted by Crippen LogP contribution is -2.57. The summed E-state index contributed by atoms with van der Waals surface area (Å²) in [4.78, 5) is 16.3. The Kier molecular flexibility index (Phi) is 4.05. The molecular weight excluding hydrogens is 354 g/mol. The molecule has 0 aromatic heterocycles. The monoisotopic (exact) mass is 379 g/mol. The van der Waals surface area contributed by atoms with E-state index in [2.05, 4.69) is 9.62 Å². The molecule has 0 spiro atoms. The van der Waals surface area contributed by atoms with Crippen molar-refractivity contribution < 1.29 is 17.9 Å². The minimum Gasteiger partial charge on any atom is -0.476 e. The number of amides is 1. The molecular formula is C18H25N3O4S. The lowest BCUT2D eigenvalue weighted by Gasteiger charge is -2.44. The number of nitrogens with zero attached hydrogens (tertiary/aromatic N) is 2. The highest BCUT2D eigenvalue weighted by Crippen LogP contribution is 2.38. The molecule has 1 N–H and O–H groups in total. The van der Waals surface area contributed by atoms with Crippen LogP contribution in [0.5, 0.6) is 5.75 Å². The van der Waals surface area contributed by atoms with Crippen LogP contribution in [0.3, 0.4) is 0 Å². The van der Waals surface area contributed by atoms with E-state index in [0.29, 0.717) is 17.4 Å². The van der Waals surface area contributed by atoms with Crippen molar-refractivity contribution in [1.29, 1.82) is 0 Å². The van der Waals surface area contributed by atoms with Crippen LogP contribution in [-0.2, 0) is 14.8 Å². The minimum atomic E-state index is -3.64. The van der Waals surface area contributed by atoms with Crippen LogP contribution in [0.1, 0.15) is 26.7 Å². The van der Waals surface area contributed by atoms with Gasteiger partial charge < -0.3 is 14.5 Å². The van der Waals surface area contributed by atoms with E-state index in [1.54, 1.807) is 27.0 Å². The first-order valence-electron chi connectivity index (χ1n) is 9.03. The molecule has 1 amide bonds. The van der Waals surface area contributed by atoms with Gasteiger partial charge >= 0.3 is 0 Å². The van der Waals surface area contributed by atoms with Crippen LogP contribution in [0.15, 0.2) is 23.1 Å². The number of rotatable bonds is 3. The van der Waals surface area contributed by atoms with Gasteiger partial charge in [0.2, 0.25) is 10.0 Å². The number of carbonyl (C=O) groups is 1. The number of carbonyl (C=O) groups excluding carboxylic acids is 1. The third kappa shape index (κ3) is 2.90. The number of likely N-dealkylation sites (N-methyl/N-ethyl adjacent to an activating group) is 1. The SMILES string of the molecule is CN1C(=O)C(C)(C)Oc2cc(S(=O)(=O)NC3CN4CCC3CC4)ccc21. The molecule has 7 nitrogen and oxygen atoms in total.